The van der Waals surface area contributed by atoms with Crippen molar-refractivity contribution in [1.29, 1.82) is 0 Å². The summed E-state index contributed by atoms with van der Waals surface area (Å²) in [7, 11) is 0. The van der Waals surface area contributed by atoms with Crippen molar-refractivity contribution >= 4 is 11.5 Å². The van der Waals surface area contributed by atoms with Gasteiger partial charge in [0, 0.05) is 19.2 Å². The van der Waals surface area contributed by atoms with E-state index < -0.39 is 11.2 Å². The van der Waals surface area contributed by atoms with Gasteiger partial charge in [-0.15, -0.1) is 0 Å². The Kier molecular flexibility index (Phi) is 5.25. The normalized spacial score (nSPS) is 10.9. The average Bonchev–Trinajstić information content (AvgIpc) is 2.91. The van der Waals surface area contributed by atoms with Crippen molar-refractivity contribution in [2.24, 2.45) is 0 Å². The number of anilines is 2. The molecular weight excluding hydrogens is 298 g/mol. The molecule has 8 heteroatoms. The Hall–Kier alpha value is -2.51. The molecule has 0 saturated heterocycles. The topological polar surface area (TPSA) is 110 Å². The van der Waals surface area contributed by atoms with Crippen LogP contribution in [-0.4, -0.2) is 21.3 Å². The van der Waals surface area contributed by atoms with Gasteiger partial charge < -0.3 is 15.2 Å². The van der Waals surface area contributed by atoms with Gasteiger partial charge in [-0.3, -0.25) is 14.3 Å². The van der Waals surface area contributed by atoms with Gasteiger partial charge in [-0.05, 0) is 20.3 Å². The second-order valence-corrected chi connectivity index (χ2v) is 5.44. The van der Waals surface area contributed by atoms with Crippen molar-refractivity contribution in [3.05, 3.63) is 38.4 Å². The third-order valence-corrected chi connectivity index (χ3v) is 3.68. The van der Waals surface area contributed by atoms with Crippen LogP contribution in [0.3, 0.4) is 0 Å². The third kappa shape index (κ3) is 3.64. The summed E-state index contributed by atoms with van der Waals surface area (Å²) in [5.41, 5.74) is 6.16. The predicted molar refractivity (Wildman–Crippen MR) is 88.6 cm³/mol. The Bertz CT molecular complexity index is 774. The van der Waals surface area contributed by atoms with Crippen molar-refractivity contribution in [3.8, 4) is 0 Å². The fourth-order valence-electron chi connectivity index (χ4n) is 2.46. The van der Waals surface area contributed by atoms with Gasteiger partial charge in [0.2, 0.25) is 0 Å². The SMILES string of the molecule is CCCCn1c(N)c(N(CC)Cc2cc(C)on2)c(=O)[nH]c1=O. The second kappa shape index (κ2) is 7.17. The van der Waals surface area contributed by atoms with Gasteiger partial charge in [-0.1, -0.05) is 18.5 Å². The molecule has 2 rings (SSSR count). The van der Waals surface area contributed by atoms with Crippen LogP contribution in [0.1, 0.15) is 38.1 Å². The second-order valence-electron chi connectivity index (χ2n) is 5.44. The molecule has 0 aromatic carbocycles. The number of nitrogens with zero attached hydrogens (tertiary/aromatic N) is 3. The largest absolute Gasteiger partial charge is 0.383 e. The summed E-state index contributed by atoms with van der Waals surface area (Å²) in [6, 6.07) is 1.81. The van der Waals surface area contributed by atoms with Gasteiger partial charge in [-0.25, -0.2) is 4.79 Å². The maximum Gasteiger partial charge on any atom is 0.330 e. The Morgan fingerprint density at radius 2 is 2.13 bits per heavy atom. The maximum absolute atomic E-state index is 12.2. The standard InChI is InChI=1S/C15H23N5O3/c1-4-6-7-20-13(16)12(14(21)17-15(20)22)19(5-2)9-11-8-10(3)23-18-11/h8H,4-7,9,16H2,1-3H3,(H,17,21,22). The van der Waals surface area contributed by atoms with E-state index in [2.05, 4.69) is 10.1 Å². The van der Waals surface area contributed by atoms with Crippen molar-refractivity contribution < 1.29 is 4.52 Å². The van der Waals surface area contributed by atoms with E-state index in [0.717, 1.165) is 12.8 Å². The molecule has 0 atom stereocenters. The van der Waals surface area contributed by atoms with Crippen LogP contribution in [0.25, 0.3) is 0 Å². The molecule has 0 amide bonds. The van der Waals surface area contributed by atoms with E-state index in [-0.39, 0.29) is 5.82 Å². The lowest BCUT2D eigenvalue weighted by molar-refractivity contribution is 0.390. The minimum Gasteiger partial charge on any atom is -0.383 e. The molecule has 0 aliphatic heterocycles. The fourth-order valence-corrected chi connectivity index (χ4v) is 2.46. The zero-order chi connectivity index (χ0) is 17.0. The quantitative estimate of drug-likeness (QED) is 0.794. The number of hydrogen-bond acceptors (Lipinski definition) is 6. The van der Waals surface area contributed by atoms with E-state index in [9.17, 15) is 9.59 Å². The van der Waals surface area contributed by atoms with Crippen LogP contribution in [0.15, 0.2) is 20.2 Å². The molecule has 2 heterocycles. The van der Waals surface area contributed by atoms with Gasteiger partial charge in [0.05, 0.1) is 6.54 Å². The maximum atomic E-state index is 12.2. The van der Waals surface area contributed by atoms with Gasteiger partial charge in [0.15, 0.2) is 0 Å². The minimum absolute atomic E-state index is 0.189. The number of nitrogen functional groups attached to an aromatic ring is 1. The van der Waals surface area contributed by atoms with Crippen LogP contribution in [0, 0.1) is 6.92 Å². The van der Waals surface area contributed by atoms with Crippen molar-refractivity contribution in [2.75, 3.05) is 17.2 Å². The lowest BCUT2D eigenvalue weighted by Gasteiger charge is -2.23. The third-order valence-electron chi connectivity index (χ3n) is 3.68. The monoisotopic (exact) mass is 321 g/mol. The molecule has 23 heavy (non-hydrogen) atoms. The molecule has 126 valence electrons. The van der Waals surface area contributed by atoms with Crippen LogP contribution in [0.5, 0.6) is 0 Å². The van der Waals surface area contributed by atoms with Gasteiger partial charge in [0.25, 0.3) is 5.56 Å². The highest BCUT2D eigenvalue weighted by Crippen LogP contribution is 2.19. The molecule has 0 unspecified atom stereocenters. The van der Waals surface area contributed by atoms with E-state index in [4.69, 9.17) is 10.3 Å². The summed E-state index contributed by atoms with van der Waals surface area (Å²) < 4.78 is 6.47. The van der Waals surface area contributed by atoms with E-state index in [0.29, 0.717) is 36.8 Å². The van der Waals surface area contributed by atoms with Gasteiger partial charge in [-0.2, -0.15) is 0 Å². The number of unbranched alkanes of at least 4 members (excludes halogenated alkanes) is 1. The summed E-state index contributed by atoms with van der Waals surface area (Å²) in [4.78, 5) is 28.4. The van der Waals surface area contributed by atoms with Crippen LogP contribution >= 0.6 is 0 Å². The Morgan fingerprint density at radius 3 is 2.70 bits per heavy atom. The van der Waals surface area contributed by atoms with Crippen LogP contribution in [0.4, 0.5) is 11.5 Å². The number of aromatic amines is 1. The van der Waals surface area contributed by atoms with Gasteiger partial charge >= 0.3 is 5.69 Å². The zero-order valence-corrected chi connectivity index (χ0v) is 13.8. The number of nitrogens with two attached hydrogens (primary N) is 1. The average molecular weight is 321 g/mol. The predicted octanol–water partition coefficient (Wildman–Crippen LogP) is 1.24. The highest BCUT2D eigenvalue weighted by molar-refractivity contribution is 5.62. The van der Waals surface area contributed by atoms with Crippen molar-refractivity contribution in [2.45, 2.75) is 46.7 Å². The summed E-state index contributed by atoms with van der Waals surface area (Å²) in [5, 5.41) is 3.94. The number of aromatic nitrogens is 3. The summed E-state index contributed by atoms with van der Waals surface area (Å²) in [6.07, 6.45) is 1.74. The lowest BCUT2D eigenvalue weighted by atomic mass is 10.3. The number of hydrogen-bond donors (Lipinski definition) is 2. The smallest absolute Gasteiger partial charge is 0.330 e. The summed E-state index contributed by atoms with van der Waals surface area (Å²) in [5.74, 6) is 0.889. The number of H-pyrrole nitrogens is 1. The van der Waals surface area contributed by atoms with Crippen LogP contribution < -0.4 is 21.9 Å². The van der Waals surface area contributed by atoms with Crippen LogP contribution in [0.2, 0.25) is 0 Å². The van der Waals surface area contributed by atoms with E-state index in [1.807, 2.05) is 13.8 Å². The molecule has 0 spiro atoms. The summed E-state index contributed by atoms with van der Waals surface area (Å²) in [6.45, 7) is 7.15. The fraction of sp³-hybridized carbons (Fsp3) is 0.533. The lowest BCUT2D eigenvalue weighted by Crippen LogP contribution is -2.38. The molecule has 0 aliphatic carbocycles. The van der Waals surface area contributed by atoms with Crippen molar-refractivity contribution in [1.82, 2.24) is 14.7 Å². The molecule has 3 N–H and O–H groups in total. The first-order chi connectivity index (χ1) is 11.0. The molecule has 0 bridgehead atoms. The van der Waals surface area contributed by atoms with Crippen molar-refractivity contribution in [3.63, 3.8) is 0 Å². The van der Waals surface area contributed by atoms with Gasteiger partial charge in [0.1, 0.15) is 23.0 Å². The first-order valence-corrected chi connectivity index (χ1v) is 7.77. The molecular formula is C15H23N5O3. The van der Waals surface area contributed by atoms with E-state index in [1.165, 1.54) is 4.57 Å². The highest BCUT2D eigenvalue weighted by atomic mass is 16.5. The highest BCUT2D eigenvalue weighted by Gasteiger charge is 2.19. The first-order valence-electron chi connectivity index (χ1n) is 7.77. The number of aryl methyl sites for hydroxylation is 1. The molecule has 0 saturated carbocycles. The minimum atomic E-state index is -0.484. The Labute approximate surface area is 133 Å². The number of nitrogens with one attached hydrogen (secondary N) is 1. The Morgan fingerprint density at radius 1 is 1.39 bits per heavy atom. The Balaban J connectivity index is 2.42. The van der Waals surface area contributed by atoms with E-state index >= 15 is 0 Å². The summed E-state index contributed by atoms with van der Waals surface area (Å²) >= 11 is 0. The van der Waals surface area contributed by atoms with E-state index in [1.54, 1.807) is 17.9 Å². The van der Waals surface area contributed by atoms with Crippen LogP contribution in [-0.2, 0) is 13.1 Å². The molecule has 2 aromatic rings. The molecule has 0 aliphatic rings. The molecule has 0 radical (unpaired) electrons. The zero-order valence-electron chi connectivity index (χ0n) is 13.8. The number of rotatable bonds is 7. The molecule has 2 aromatic heterocycles. The first kappa shape index (κ1) is 16.9. The molecule has 8 nitrogen and oxygen atoms in total. The molecule has 0 fully saturated rings.